The smallest absolute Gasteiger partial charge is 0.381 e. The predicted molar refractivity (Wildman–Crippen MR) is 42.9 cm³/mol. The largest absolute Gasteiger partial charge is 0.534 e. The molecule has 0 bridgehead atoms. The summed E-state index contributed by atoms with van der Waals surface area (Å²) in [4.78, 5) is 0. The Kier molecular flexibility index (Phi) is 3.19. The highest BCUT2D eigenvalue weighted by Crippen LogP contribution is 2.35. The molecule has 9 heteroatoms. The van der Waals surface area contributed by atoms with E-state index in [9.17, 15) is 30.4 Å². The van der Waals surface area contributed by atoms with Gasteiger partial charge in [0.05, 0.1) is 0 Å². The molecule has 0 saturated carbocycles. The van der Waals surface area contributed by atoms with E-state index in [0.717, 1.165) is 0 Å². The molecule has 0 saturated heterocycles. The Morgan fingerprint density at radius 2 is 1.88 bits per heavy atom. The molecule has 1 aliphatic rings. The van der Waals surface area contributed by atoms with Gasteiger partial charge < -0.3 is 4.18 Å². The van der Waals surface area contributed by atoms with Crippen molar-refractivity contribution in [3.05, 3.63) is 11.8 Å². The van der Waals surface area contributed by atoms with Crippen LogP contribution in [0.5, 0.6) is 0 Å². The zero-order valence-corrected chi connectivity index (χ0v) is 8.54. The topological polar surface area (TPSA) is 43.4 Å². The first-order valence-corrected chi connectivity index (χ1v) is 5.52. The van der Waals surface area contributed by atoms with Crippen LogP contribution in [0.15, 0.2) is 11.8 Å². The molecule has 0 N–H and O–H groups in total. The van der Waals surface area contributed by atoms with Crippen LogP contribution in [-0.2, 0) is 14.3 Å². The Morgan fingerprint density at radius 3 is 2.25 bits per heavy atom. The molecule has 0 heterocycles. The fourth-order valence-corrected chi connectivity index (χ4v) is 1.56. The third-order valence-electron chi connectivity index (χ3n) is 1.87. The summed E-state index contributed by atoms with van der Waals surface area (Å²) in [6.45, 7) is 0. The minimum absolute atomic E-state index is 0.539. The summed E-state index contributed by atoms with van der Waals surface area (Å²) < 4.78 is 85.4. The standard InChI is InChI=1S/C7H7F5O3S/c8-6(9)3-1-5(2-4-6)15-16(13,14)7(10,11)12/h1H,2-4H2. The fraction of sp³-hybridized carbons (Fsp3) is 0.714. The fourth-order valence-electron chi connectivity index (χ4n) is 1.04. The van der Waals surface area contributed by atoms with Crippen LogP contribution in [0.25, 0.3) is 0 Å². The average Bonchev–Trinajstić information content (AvgIpc) is 2.06. The molecule has 1 aliphatic carbocycles. The Hall–Kier alpha value is -0.860. The van der Waals surface area contributed by atoms with E-state index in [0.29, 0.717) is 6.08 Å². The second-order valence-electron chi connectivity index (χ2n) is 3.21. The SMILES string of the molecule is O=S(=O)(OC1=CCC(F)(F)CC1)C(F)(F)F. The zero-order chi connectivity index (χ0) is 12.6. The lowest BCUT2D eigenvalue weighted by atomic mass is 10.0. The number of allylic oxidation sites excluding steroid dienone is 2. The number of rotatable bonds is 2. The van der Waals surface area contributed by atoms with Crippen LogP contribution in [0, 0.1) is 0 Å². The Balaban J connectivity index is 2.75. The predicted octanol–water partition coefficient (Wildman–Crippen LogP) is 2.56. The van der Waals surface area contributed by atoms with Gasteiger partial charge >= 0.3 is 15.6 Å². The minimum atomic E-state index is -5.75. The second kappa shape index (κ2) is 3.86. The van der Waals surface area contributed by atoms with Crippen molar-refractivity contribution in [2.45, 2.75) is 30.7 Å². The van der Waals surface area contributed by atoms with E-state index in [-0.39, 0.29) is 0 Å². The average molecular weight is 266 g/mol. The van der Waals surface area contributed by atoms with Crippen LogP contribution >= 0.6 is 0 Å². The van der Waals surface area contributed by atoms with Gasteiger partial charge in [0.15, 0.2) is 0 Å². The molecular formula is C7H7F5O3S. The highest BCUT2D eigenvalue weighted by Gasteiger charge is 2.49. The molecule has 0 radical (unpaired) electrons. The van der Waals surface area contributed by atoms with Gasteiger partial charge in [-0.2, -0.15) is 21.6 Å². The van der Waals surface area contributed by atoms with Gasteiger partial charge in [-0.05, 0) is 6.08 Å². The maximum absolute atomic E-state index is 12.6. The minimum Gasteiger partial charge on any atom is -0.381 e. The zero-order valence-electron chi connectivity index (χ0n) is 7.72. The Morgan fingerprint density at radius 1 is 1.31 bits per heavy atom. The molecule has 0 unspecified atom stereocenters. The molecule has 0 aliphatic heterocycles. The van der Waals surface area contributed by atoms with E-state index in [1.54, 1.807) is 0 Å². The summed E-state index contributed by atoms with van der Waals surface area (Å²) in [6.07, 6.45) is -1.43. The molecule has 0 atom stereocenters. The van der Waals surface area contributed by atoms with E-state index in [1.165, 1.54) is 0 Å². The first kappa shape index (κ1) is 13.2. The van der Waals surface area contributed by atoms with Crippen LogP contribution in [0.2, 0.25) is 0 Å². The molecule has 0 aromatic rings. The van der Waals surface area contributed by atoms with Crippen LogP contribution in [-0.4, -0.2) is 19.8 Å². The van der Waals surface area contributed by atoms with Gasteiger partial charge in [-0.1, -0.05) is 0 Å². The van der Waals surface area contributed by atoms with Crippen molar-refractivity contribution in [3.8, 4) is 0 Å². The van der Waals surface area contributed by atoms with Crippen LogP contribution in [0.4, 0.5) is 22.0 Å². The summed E-state index contributed by atoms with van der Waals surface area (Å²) in [6, 6.07) is 0. The van der Waals surface area contributed by atoms with Crippen LogP contribution < -0.4 is 0 Å². The lowest BCUT2D eigenvalue weighted by molar-refractivity contribution is -0.0533. The van der Waals surface area contributed by atoms with Gasteiger partial charge in [0.2, 0.25) is 0 Å². The van der Waals surface area contributed by atoms with E-state index in [4.69, 9.17) is 0 Å². The number of alkyl halides is 5. The van der Waals surface area contributed by atoms with Gasteiger partial charge in [0.1, 0.15) is 5.76 Å². The van der Waals surface area contributed by atoms with Gasteiger partial charge in [0.25, 0.3) is 5.92 Å². The molecular weight excluding hydrogens is 259 g/mol. The lowest BCUT2D eigenvalue weighted by Gasteiger charge is -2.21. The highest BCUT2D eigenvalue weighted by atomic mass is 32.2. The molecule has 94 valence electrons. The van der Waals surface area contributed by atoms with Crippen molar-refractivity contribution in [1.82, 2.24) is 0 Å². The first-order valence-electron chi connectivity index (χ1n) is 4.11. The van der Waals surface area contributed by atoms with E-state index < -0.39 is 46.6 Å². The molecule has 0 aromatic carbocycles. The van der Waals surface area contributed by atoms with Gasteiger partial charge in [-0.15, -0.1) is 0 Å². The van der Waals surface area contributed by atoms with Crippen molar-refractivity contribution in [3.63, 3.8) is 0 Å². The molecule has 16 heavy (non-hydrogen) atoms. The maximum Gasteiger partial charge on any atom is 0.534 e. The second-order valence-corrected chi connectivity index (χ2v) is 4.75. The van der Waals surface area contributed by atoms with Gasteiger partial charge in [-0.25, -0.2) is 8.78 Å². The molecule has 3 nitrogen and oxygen atoms in total. The van der Waals surface area contributed by atoms with Crippen molar-refractivity contribution < 1.29 is 34.6 Å². The summed E-state index contributed by atoms with van der Waals surface area (Å²) in [5, 5.41) is 0. The van der Waals surface area contributed by atoms with Crippen molar-refractivity contribution in [1.29, 1.82) is 0 Å². The first-order chi connectivity index (χ1) is 7.04. The molecule has 0 amide bonds. The van der Waals surface area contributed by atoms with E-state index in [1.807, 2.05) is 0 Å². The molecule has 0 fully saturated rings. The number of hydrogen-bond acceptors (Lipinski definition) is 3. The summed E-state index contributed by atoms with van der Waals surface area (Å²) in [7, 11) is -5.75. The number of halogens is 5. The Bertz CT molecular complexity index is 395. The quantitative estimate of drug-likeness (QED) is 0.438. The third-order valence-corrected chi connectivity index (χ3v) is 2.87. The normalized spacial score (nSPS) is 21.4. The summed E-state index contributed by atoms with van der Waals surface area (Å²) in [5.74, 6) is -3.61. The van der Waals surface area contributed by atoms with Crippen LogP contribution in [0.1, 0.15) is 19.3 Å². The molecule has 1 rings (SSSR count). The van der Waals surface area contributed by atoms with Crippen molar-refractivity contribution >= 4 is 10.1 Å². The number of hydrogen-bond donors (Lipinski definition) is 0. The maximum atomic E-state index is 12.6. The Labute approximate surface area is 88.0 Å². The summed E-state index contributed by atoms with van der Waals surface area (Å²) in [5.41, 5.74) is -5.55. The lowest BCUT2D eigenvalue weighted by Crippen LogP contribution is -2.27. The van der Waals surface area contributed by atoms with E-state index >= 15 is 0 Å². The molecule has 0 aromatic heterocycles. The highest BCUT2D eigenvalue weighted by molar-refractivity contribution is 7.87. The van der Waals surface area contributed by atoms with Gasteiger partial charge in [-0.3, -0.25) is 0 Å². The monoisotopic (exact) mass is 266 g/mol. The van der Waals surface area contributed by atoms with Crippen molar-refractivity contribution in [2.24, 2.45) is 0 Å². The van der Waals surface area contributed by atoms with Gasteiger partial charge in [0, 0.05) is 19.3 Å². The molecule has 0 spiro atoms. The van der Waals surface area contributed by atoms with Crippen molar-refractivity contribution in [2.75, 3.05) is 0 Å². The third kappa shape index (κ3) is 3.06. The van der Waals surface area contributed by atoms with E-state index in [2.05, 4.69) is 4.18 Å². The van der Waals surface area contributed by atoms with Crippen LogP contribution in [0.3, 0.4) is 0 Å². The summed E-state index contributed by atoms with van der Waals surface area (Å²) >= 11 is 0.